The minimum atomic E-state index is -0.194. The molecule has 80 valence electrons. The highest BCUT2D eigenvalue weighted by atomic mass is 79.9. The van der Waals surface area contributed by atoms with Gasteiger partial charge in [-0.05, 0) is 29.8 Å². The number of aromatic amines is 1. The third-order valence-corrected chi connectivity index (χ3v) is 2.55. The second-order valence-electron chi connectivity index (χ2n) is 3.23. The van der Waals surface area contributed by atoms with Gasteiger partial charge in [0.25, 0.3) is 5.56 Å². The largest absolute Gasteiger partial charge is 0.268 e. The molecule has 0 saturated heterocycles. The van der Waals surface area contributed by atoms with Crippen LogP contribution in [0.2, 0.25) is 0 Å². The number of hydrogen-bond acceptors (Lipinski definition) is 2. The number of nitrogens with one attached hydrogen (secondary N) is 1. The number of aromatic nitrogens is 2. The second kappa shape index (κ2) is 4.90. The number of nitrogens with zero attached hydrogens (tertiary/aromatic N) is 1. The fourth-order valence-corrected chi connectivity index (χ4v) is 1.47. The smallest absolute Gasteiger partial charge is 0.264 e. The van der Waals surface area contributed by atoms with Crippen molar-refractivity contribution in [3.63, 3.8) is 0 Å². The quantitative estimate of drug-likeness (QED) is 0.917. The van der Waals surface area contributed by atoms with Crippen LogP contribution in [0.15, 0.2) is 45.7 Å². The Morgan fingerprint density at radius 2 is 1.81 bits per heavy atom. The monoisotopic (exact) mass is 276 g/mol. The lowest BCUT2D eigenvalue weighted by Crippen LogP contribution is -2.05. The van der Waals surface area contributed by atoms with E-state index in [-0.39, 0.29) is 5.56 Å². The predicted molar refractivity (Wildman–Crippen MR) is 67.9 cm³/mol. The number of H-pyrrole nitrogens is 1. The Hall–Kier alpha value is -1.68. The molecule has 0 aliphatic rings. The molecule has 0 aliphatic carbocycles. The van der Waals surface area contributed by atoms with E-state index in [9.17, 15) is 4.79 Å². The van der Waals surface area contributed by atoms with E-state index in [1.165, 1.54) is 6.07 Å². The average molecular weight is 277 g/mol. The zero-order valence-electron chi connectivity index (χ0n) is 8.35. The first-order valence-corrected chi connectivity index (χ1v) is 5.53. The van der Waals surface area contributed by atoms with Crippen molar-refractivity contribution in [2.75, 3.05) is 0 Å². The molecule has 1 heterocycles. The van der Waals surface area contributed by atoms with E-state index in [0.29, 0.717) is 0 Å². The van der Waals surface area contributed by atoms with Crippen LogP contribution in [0, 0.1) is 0 Å². The molecule has 0 bridgehead atoms. The van der Waals surface area contributed by atoms with Crippen molar-refractivity contribution in [3.8, 4) is 0 Å². The first-order chi connectivity index (χ1) is 7.74. The van der Waals surface area contributed by atoms with Gasteiger partial charge in [0.15, 0.2) is 0 Å². The van der Waals surface area contributed by atoms with Crippen LogP contribution in [-0.2, 0) is 0 Å². The molecule has 2 aromatic rings. The number of halogens is 1. The standard InChI is InChI=1S/C12H9BrN2O/c13-10-4-1-9(2-5-10)3-6-11-7-8-12(16)15-14-11/h1-8H,(H,15,16). The molecule has 0 saturated carbocycles. The Kier molecular flexibility index (Phi) is 3.31. The molecule has 4 heteroatoms. The molecular formula is C12H9BrN2O. The summed E-state index contributed by atoms with van der Waals surface area (Å²) in [6.45, 7) is 0. The van der Waals surface area contributed by atoms with E-state index in [1.807, 2.05) is 36.4 Å². The van der Waals surface area contributed by atoms with Gasteiger partial charge in [-0.3, -0.25) is 4.79 Å². The highest BCUT2D eigenvalue weighted by Gasteiger charge is 1.90. The highest BCUT2D eigenvalue weighted by molar-refractivity contribution is 9.10. The van der Waals surface area contributed by atoms with Gasteiger partial charge in [0.2, 0.25) is 0 Å². The summed E-state index contributed by atoms with van der Waals surface area (Å²) in [5.74, 6) is 0. The van der Waals surface area contributed by atoms with Gasteiger partial charge < -0.3 is 0 Å². The topological polar surface area (TPSA) is 45.8 Å². The normalized spacial score (nSPS) is 10.8. The van der Waals surface area contributed by atoms with Crippen LogP contribution in [0.3, 0.4) is 0 Å². The van der Waals surface area contributed by atoms with Gasteiger partial charge >= 0.3 is 0 Å². The fourth-order valence-electron chi connectivity index (χ4n) is 1.20. The third-order valence-electron chi connectivity index (χ3n) is 2.02. The van der Waals surface area contributed by atoms with Crippen LogP contribution in [0.25, 0.3) is 12.2 Å². The molecule has 2 rings (SSSR count). The summed E-state index contributed by atoms with van der Waals surface area (Å²) < 4.78 is 1.05. The van der Waals surface area contributed by atoms with Crippen molar-refractivity contribution in [2.24, 2.45) is 0 Å². The number of rotatable bonds is 2. The summed E-state index contributed by atoms with van der Waals surface area (Å²) in [6.07, 6.45) is 3.78. The van der Waals surface area contributed by atoms with Crippen molar-refractivity contribution in [3.05, 3.63) is 62.5 Å². The minimum Gasteiger partial charge on any atom is -0.268 e. The number of hydrogen-bond donors (Lipinski definition) is 1. The SMILES string of the molecule is O=c1ccc(C=Cc2ccc(Br)cc2)n[nH]1. The molecule has 1 aromatic carbocycles. The third kappa shape index (κ3) is 2.90. The summed E-state index contributed by atoms with van der Waals surface area (Å²) in [5.41, 5.74) is 1.61. The molecule has 0 aliphatic heterocycles. The summed E-state index contributed by atoms with van der Waals surface area (Å²) in [6, 6.07) is 11.1. The molecule has 0 atom stereocenters. The fraction of sp³-hybridized carbons (Fsp3) is 0. The maximum absolute atomic E-state index is 10.8. The molecule has 0 amide bonds. The summed E-state index contributed by atoms with van der Waals surface area (Å²) >= 11 is 3.37. The predicted octanol–water partition coefficient (Wildman–Crippen LogP) is 2.70. The molecule has 3 nitrogen and oxygen atoms in total. The molecule has 0 spiro atoms. The second-order valence-corrected chi connectivity index (χ2v) is 4.15. The van der Waals surface area contributed by atoms with E-state index >= 15 is 0 Å². The minimum absolute atomic E-state index is 0.194. The van der Waals surface area contributed by atoms with Gasteiger partial charge in [-0.15, -0.1) is 0 Å². The molecule has 1 N–H and O–H groups in total. The zero-order chi connectivity index (χ0) is 11.4. The van der Waals surface area contributed by atoms with Crippen molar-refractivity contribution >= 4 is 28.1 Å². The first-order valence-electron chi connectivity index (χ1n) is 4.73. The molecular weight excluding hydrogens is 268 g/mol. The van der Waals surface area contributed by atoms with Gasteiger partial charge in [0.1, 0.15) is 0 Å². The van der Waals surface area contributed by atoms with Crippen LogP contribution in [0.4, 0.5) is 0 Å². The molecule has 0 fully saturated rings. The lowest BCUT2D eigenvalue weighted by molar-refractivity contribution is 0.977. The van der Waals surface area contributed by atoms with E-state index in [2.05, 4.69) is 26.1 Å². The van der Waals surface area contributed by atoms with E-state index in [1.54, 1.807) is 6.07 Å². The lowest BCUT2D eigenvalue weighted by Gasteiger charge is -1.93. The first kappa shape index (κ1) is 10.8. The van der Waals surface area contributed by atoms with Crippen LogP contribution in [-0.4, -0.2) is 10.2 Å². The summed E-state index contributed by atoms with van der Waals surface area (Å²) in [7, 11) is 0. The van der Waals surface area contributed by atoms with Gasteiger partial charge in [0, 0.05) is 10.5 Å². The van der Waals surface area contributed by atoms with Gasteiger partial charge in [-0.25, -0.2) is 5.10 Å². The Labute approximate surface area is 101 Å². The molecule has 16 heavy (non-hydrogen) atoms. The average Bonchev–Trinajstić information content (AvgIpc) is 2.30. The molecule has 0 radical (unpaired) electrons. The van der Waals surface area contributed by atoms with Gasteiger partial charge in [-0.2, -0.15) is 5.10 Å². The Balaban J connectivity index is 2.18. The maximum Gasteiger partial charge on any atom is 0.264 e. The zero-order valence-corrected chi connectivity index (χ0v) is 9.94. The Morgan fingerprint density at radius 3 is 2.44 bits per heavy atom. The van der Waals surface area contributed by atoms with Gasteiger partial charge in [-0.1, -0.05) is 34.1 Å². The van der Waals surface area contributed by atoms with Crippen LogP contribution in [0.5, 0.6) is 0 Å². The van der Waals surface area contributed by atoms with Crippen molar-refractivity contribution in [1.82, 2.24) is 10.2 Å². The lowest BCUT2D eigenvalue weighted by atomic mass is 10.2. The Morgan fingerprint density at radius 1 is 1.06 bits per heavy atom. The summed E-state index contributed by atoms with van der Waals surface area (Å²) in [5, 5.41) is 6.26. The van der Waals surface area contributed by atoms with Crippen molar-refractivity contribution in [1.29, 1.82) is 0 Å². The van der Waals surface area contributed by atoms with Gasteiger partial charge in [0.05, 0.1) is 5.69 Å². The molecule has 1 aromatic heterocycles. The van der Waals surface area contributed by atoms with Crippen molar-refractivity contribution < 1.29 is 0 Å². The number of benzene rings is 1. The van der Waals surface area contributed by atoms with Crippen molar-refractivity contribution in [2.45, 2.75) is 0 Å². The van der Waals surface area contributed by atoms with E-state index in [0.717, 1.165) is 15.7 Å². The van der Waals surface area contributed by atoms with Crippen LogP contribution in [0.1, 0.15) is 11.3 Å². The Bertz CT molecular complexity index is 537. The molecule has 0 unspecified atom stereocenters. The highest BCUT2D eigenvalue weighted by Crippen LogP contribution is 2.12. The van der Waals surface area contributed by atoms with E-state index < -0.39 is 0 Å². The van der Waals surface area contributed by atoms with E-state index in [4.69, 9.17) is 0 Å². The van der Waals surface area contributed by atoms with Crippen LogP contribution < -0.4 is 5.56 Å². The van der Waals surface area contributed by atoms with Crippen LogP contribution >= 0.6 is 15.9 Å². The summed E-state index contributed by atoms with van der Waals surface area (Å²) in [4.78, 5) is 10.8. The maximum atomic E-state index is 10.8.